The number of aromatic nitrogens is 2. The summed E-state index contributed by atoms with van der Waals surface area (Å²) in [5.41, 5.74) is 0.267. The van der Waals surface area contributed by atoms with E-state index < -0.39 is 11.7 Å². The van der Waals surface area contributed by atoms with Gasteiger partial charge in [0.05, 0.1) is 17.4 Å². The van der Waals surface area contributed by atoms with Gasteiger partial charge in [-0.05, 0) is 30.5 Å². The Morgan fingerprint density at radius 3 is 2.19 bits per heavy atom. The van der Waals surface area contributed by atoms with Crippen molar-refractivity contribution in [1.82, 2.24) is 9.97 Å². The summed E-state index contributed by atoms with van der Waals surface area (Å²) >= 11 is 0. The van der Waals surface area contributed by atoms with Gasteiger partial charge in [0.25, 0.3) is 0 Å². The van der Waals surface area contributed by atoms with Gasteiger partial charge < -0.3 is 4.98 Å². The molecule has 118 valence electrons. The Bertz CT molecular complexity index is 554. The number of aryl methyl sites for hydroxylation is 1. The number of nitrogens with zero attached hydrogens (tertiary/aromatic N) is 1. The predicted molar refractivity (Wildman–Crippen MR) is 80.2 cm³/mol. The molecule has 1 aromatic heterocycles. The van der Waals surface area contributed by atoms with Crippen molar-refractivity contribution in [1.29, 1.82) is 0 Å². The molecule has 0 radical (unpaired) electrons. The van der Waals surface area contributed by atoms with Crippen LogP contribution >= 0.6 is 0 Å². The highest BCUT2D eigenvalue weighted by Gasteiger charge is 2.33. The second-order valence-electron chi connectivity index (χ2n) is 5.15. The van der Waals surface area contributed by atoms with Crippen LogP contribution in [0.5, 0.6) is 0 Å². The lowest BCUT2D eigenvalue weighted by Gasteiger charge is -2.18. The van der Waals surface area contributed by atoms with Crippen molar-refractivity contribution in [2.45, 2.75) is 53.1 Å². The number of rotatable bonds is 0. The normalized spacial score (nSPS) is 14.6. The van der Waals surface area contributed by atoms with Gasteiger partial charge in [-0.1, -0.05) is 40.0 Å². The van der Waals surface area contributed by atoms with E-state index in [1.165, 1.54) is 25.6 Å². The van der Waals surface area contributed by atoms with E-state index in [1.807, 2.05) is 13.8 Å². The van der Waals surface area contributed by atoms with E-state index in [9.17, 15) is 13.2 Å². The van der Waals surface area contributed by atoms with Crippen molar-refractivity contribution in [2.75, 3.05) is 0 Å². The van der Waals surface area contributed by atoms with Gasteiger partial charge in [-0.25, -0.2) is 4.98 Å². The van der Waals surface area contributed by atoms with Gasteiger partial charge in [0.1, 0.15) is 5.52 Å². The standard InChI is InChI=1S/C9H7F3N2.C5H10.C2H6/c1-5-2-6(9(10,11)12)8-7(3-5)13-4-14-8;1-5-3-2-4-5;1-2/h2-4H,1H3,(H,13,14);5H,2-4H2,1H3;1-2H3. The molecular weight excluding hydrogens is 277 g/mol. The van der Waals surface area contributed by atoms with Gasteiger partial charge in [0.2, 0.25) is 0 Å². The number of imidazole rings is 1. The third kappa shape index (κ3) is 4.76. The number of hydrogen-bond donors (Lipinski definition) is 1. The molecule has 21 heavy (non-hydrogen) atoms. The topological polar surface area (TPSA) is 28.7 Å². The fourth-order valence-corrected chi connectivity index (χ4v) is 2.02. The Balaban J connectivity index is 0.000000263. The van der Waals surface area contributed by atoms with Crippen molar-refractivity contribution >= 4 is 11.0 Å². The minimum Gasteiger partial charge on any atom is -0.345 e. The number of H-pyrrole nitrogens is 1. The molecule has 0 saturated heterocycles. The summed E-state index contributed by atoms with van der Waals surface area (Å²) < 4.78 is 37.6. The lowest BCUT2D eigenvalue weighted by Crippen LogP contribution is -2.06. The Hall–Kier alpha value is -1.52. The van der Waals surface area contributed by atoms with Crippen LogP contribution in [-0.4, -0.2) is 9.97 Å². The summed E-state index contributed by atoms with van der Waals surface area (Å²) in [6.07, 6.45) is 1.37. The first-order valence-electron chi connectivity index (χ1n) is 7.39. The summed E-state index contributed by atoms with van der Waals surface area (Å²) in [5.74, 6) is 1.06. The molecule has 1 fully saturated rings. The maximum absolute atomic E-state index is 12.5. The first-order valence-corrected chi connectivity index (χ1v) is 7.39. The van der Waals surface area contributed by atoms with Gasteiger partial charge in [-0.2, -0.15) is 13.2 Å². The highest BCUT2D eigenvalue weighted by atomic mass is 19.4. The molecule has 0 unspecified atom stereocenters. The molecule has 0 bridgehead atoms. The zero-order valence-electron chi connectivity index (χ0n) is 13.0. The van der Waals surface area contributed by atoms with Crippen LogP contribution in [-0.2, 0) is 6.18 Å². The molecule has 0 amide bonds. The highest BCUT2D eigenvalue weighted by Crippen LogP contribution is 2.34. The SMILES string of the molecule is CC.CC1CCC1.Cc1cc(C(F)(F)F)c2nc[nH]c2c1. The molecule has 1 heterocycles. The summed E-state index contributed by atoms with van der Waals surface area (Å²) in [4.78, 5) is 6.31. The number of halogens is 3. The van der Waals surface area contributed by atoms with Crippen molar-refractivity contribution in [3.05, 3.63) is 29.6 Å². The molecule has 3 rings (SSSR count). The van der Waals surface area contributed by atoms with Crippen molar-refractivity contribution < 1.29 is 13.2 Å². The molecule has 0 aliphatic heterocycles. The molecule has 1 aliphatic rings. The van der Waals surface area contributed by atoms with E-state index >= 15 is 0 Å². The Kier molecular flexibility index (Phi) is 6.24. The average molecular weight is 300 g/mol. The van der Waals surface area contributed by atoms with Crippen molar-refractivity contribution in [2.24, 2.45) is 5.92 Å². The lowest BCUT2D eigenvalue weighted by molar-refractivity contribution is -0.136. The minimum atomic E-state index is -4.35. The molecule has 5 heteroatoms. The molecule has 2 nitrogen and oxygen atoms in total. The van der Waals surface area contributed by atoms with Crippen LogP contribution in [0.2, 0.25) is 0 Å². The van der Waals surface area contributed by atoms with Gasteiger partial charge in [-0.3, -0.25) is 0 Å². The van der Waals surface area contributed by atoms with Crippen LogP contribution in [0.25, 0.3) is 11.0 Å². The van der Waals surface area contributed by atoms with E-state index in [2.05, 4.69) is 16.9 Å². The second kappa shape index (κ2) is 7.48. The minimum absolute atomic E-state index is 0.0249. The number of aromatic amines is 1. The lowest BCUT2D eigenvalue weighted by atomic mass is 9.88. The van der Waals surface area contributed by atoms with Crippen molar-refractivity contribution in [3.8, 4) is 0 Å². The van der Waals surface area contributed by atoms with Crippen LogP contribution in [0.15, 0.2) is 18.5 Å². The van der Waals surface area contributed by atoms with E-state index in [-0.39, 0.29) is 5.52 Å². The van der Waals surface area contributed by atoms with E-state index in [0.717, 1.165) is 12.0 Å². The van der Waals surface area contributed by atoms with E-state index in [1.54, 1.807) is 13.0 Å². The average Bonchev–Trinajstić information content (AvgIpc) is 2.85. The van der Waals surface area contributed by atoms with Crippen molar-refractivity contribution in [3.63, 3.8) is 0 Å². The zero-order chi connectivity index (χ0) is 16.0. The van der Waals surface area contributed by atoms with Crippen LogP contribution in [0.1, 0.15) is 51.2 Å². The zero-order valence-corrected chi connectivity index (χ0v) is 13.0. The highest BCUT2D eigenvalue weighted by molar-refractivity contribution is 5.79. The predicted octanol–water partition coefficient (Wildman–Crippen LogP) is 5.72. The smallest absolute Gasteiger partial charge is 0.345 e. The number of alkyl halides is 3. The summed E-state index contributed by atoms with van der Waals surface area (Å²) in [6.45, 7) is 7.93. The quantitative estimate of drug-likeness (QED) is 0.662. The number of benzene rings is 1. The monoisotopic (exact) mass is 300 g/mol. The molecule has 0 spiro atoms. The summed E-state index contributed by atoms with van der Waals surface area (Å²) in [5, 5.41) is 0. The Labute approximate surface area is 123 Å². The Morgan fingerprint density at radius 2 is 1.76 bits per heavy atom. The molecule has 1 N–H and O–H groups in total. The van der Waals surface area contributed by atoms with E-state index in [4.69, 9.17) is 0 Å². The van der Waals surface area contributed by atoms with Gasteiger partial charge in [0.15, 0.2) is 0 Å². The summed E-state index contributed by atoms with van der Waals surface area (Å²) in [7, 11) is 0. The van der Waals surface area contributed by atoms with Crippen LogP contribution in [0.4, 0.5) is 13.2 Å². The number of nitrogens with one attached hydrogen (secondary N) is 1. The first-order chi connectivity index (χ1) is 9.88. The van der Waals surface area contributed by atoms with Crippen LogP contribution in [0.3, 0.4) is 0 Å². The first kappa shape index (κ1) is 17.5. The summed E-state index contributed by atoms with van der Waals surface area (Å²) in [6, 6.07) is 2.74. The second-order valence-corrected chi connectivity index (χ2v) is 5.15. The Morgan fingerprint density at radius 1 is 1.19 bits per heavy atom. The van der Waals surface area contributed by atoms with E-state index in [0.29, 0.717) is 11.1 Å². The fourth-order valence-electron chi connectivity index (χ4n) is 2.02. The van der Waals surface area contributed by atoms with Crippen LogP contribution in [0, 0.1) is 12.8 Å². The molecule has 1 saturated carbocycles. The molecular formula is C16H23F3N2. The van der Waals surface area contributed by atoms with Gasteiger partial charge >= 0.3 is 6.18 Å². The number of hydrogen-bond acceptors (Lipinski definition) is 1. The largest absolute Gasteiger partial charge is 0.418 e. The molecule has 1 aromatic carbocycles. The van der Waals surface area contributed by atoms with Gasteiger partial charge in [0, 0.05) is 0 Å². The maximum atomic E-state index is 12.5. The van der Waals surface area contributed by atoms with Gasteiger partial charge in [-0.15, -0.1) is 0 Å². The molecule has 1 aliphatic carbocycles. The third-order valence-corrected chi connectivity index (χ3v) is 3.37. The third-order valence-electron chi connectivity index (χ3n) is 3.37. The molecule has 2 aromatic rings. The molecule has 0 atom stereocenters. The maximum Gasteiger partial charge on any atom is 0.418 e. The number of fused-ring (bicyclic) bond motifs is 1. The fraction of sp³-hybridized carbons (Fsp3) is 0.562. The van der Waals surface area contributed by atoms with Crippen LogP contribution < -0.4 is 0 Å².